The topological polar surface area (TPSA) is 26.0 Å². The van der Waals surface area contributed by atoms with E-state index in [4.69, 9.17) is 5.73 Å². The van der Waals surface area contributed by atoms with Gasteiger partial charge < -0.3 is 5.73 Å². The SMILES string of the molecule is Cl.N[C@H](c1ccc(F)c(C(F)(F)F)c1)C1CCCC1. The second-order valence-electron chi connectivity index (χ2n) is 4.81. The molecule has 19 heavy (non-hydrogen) atoms. The largest absolute Gasteiger partial charge is 0.419 e. The van der Waals surface area contributed by atoms with Crippen LogP contribution in [0.2, 0.25) is 0 Å². The van der Waals surface area contributed by atoms with E-state index in [9.17, 15) is 17.6 Å². The standard InChI is InChI=1S/C13H15F4N.ClH/c14-11-6-5-9(7-10(11)13(15,16)17)12(18)8-3-1-2-4-8;/h5-8,12H,1-4,18H2;1H/t12-;/m0./s1. The van der Waals surface area contributed by atoms with Crippen LogP contribution in [-0.4, -0.2) is 0 Å². The lowest BCUT2D eigenvalue weighted by atomic mass is 9.91. The van der Waals surface area contributed by atoms with Gasteiger partial charge in [-0.3, -0.25) is 0 Å². The van der Waals surface area contributed by atoms with Gasteiger partial charge in [-0.2, -0.15) is 13.2 Å². The first-order chi connectivity index (χ1) is 8.39. The van der Waals surface area contributed by atoms with E-state index < -0.39 is 23.6 Å². The van der Waals surface area contributed by atoms with Crippen LogP contribution in [-0.2, 0) is 6.18 Å². The van der Waals surface area contributed by atoms with E-state index in [1.807, 2.05) is 0 Å². The quantitative estimate of drug-likeness (QED) is 0.802. The molecule has 0 saturated heterocycles. The van der Waals surface area contributed by atoms with Gasteiger partial charge in [0.2, 0.25) is 0 Å². The summed E-state index contributed by atoms with van der Waals surface area (Å²) in [5, 5.41) is 0. The van der Waals surface area contributed by atoms with Crippen LogP contribution in [0.1, 0.15) is 42.9 Å². The van der Waals surface area contributed by atoms with Gasteiger partial charge in [-0.15, -0.1) is 12.4 Å². The first kappa shape index (κ1) is 16.2. The summed E-state index contributed by atoms with van der Waals surface area (Å²) in [4.78, 5) is 0. The highest BCUT2D eigenvalue weighted by molar-refractivity contribution is 5.85. The average Bonchev–Trinajstić information content (AvgIpc) is 2.80. The van der Waals surface area contributed by atoms with Crippen LogP contribution in [0, 0.1) is 11.7 Å². The van der Waals surface area contributed by atoms with Gasteiger partial charge in [0.1, 0.15) is 5.82 Å². The van der Waals surface area contributed by atoms with Crippen LogP contribution in [0.25, 0.3) is 0 Å². The molecule has 1 saturated carbocycles. The Kier molecular flexibility index (Phi) is 5.21. The molecule has 2 N–H and O–H groups in total. The first-order valence-corrected chi connectivity index (χ1v) is 6.02. The maximum absolute atomic E-state index is 13.1. The highest BCUT2D eigenvalue weighted by Gasteiger charge is 2.35. The predicted molar refractivity (Wildman–Crippen MR) is 67.5 cm³/mol. The van der Waals surface area contributed by atoms with Gasteiger partial charge in [-0.25, -0.2) is 4.39 Å². The molecule has 0 aliphatic heterocycles. The minimum Gasteiger partial charge on any atom is -0.324 e. The van der Waals surface area contributed by atoms with Gasteiger partial charge in [0.15, 0.2) is 0 Å². The van der Waals surface area contributed by atoms with Crippen molar-refractivity contribution in [3.63, 3.8) is 0 Å². The zero-order valence-corrected chi connectivity index (χ0v) is 11.0. The number of rotatable bonds is 2. The van der Waals surface area contributed by atoms with Crippen LogP contribution >= 0.6 is 12.4 Å². The summed E-state index contributed by atoms with van der Waals surface area (Å²) in [6.45, 7) is 0. The lowest BCUT2D eigenvalue weighted by molar-refractivity contribution is -0.140. The second kappa shape index (κ2) is 6.09. The highest BCUT2D eigenvalue weighted by Crippen LogP contribution is 2.37. The smallest absolute Gasteiger partial charge is 0.324 e. The number of nitrogens with two attached hydrogens (primary N) is 1. The summed E-state index contributed by atoms with van der Waals surface area (Å²) in [6, 6.07) is 2.62. The van der Waals surface area contributed by atoms with Crippen molar-refractivity contribution in [2.45, 2.75) is 37.9 Å². The van der Waals surface area contributed by atoms with E-state index in [0.717, 1.165) is 37.8 Å². The third-order valence-corrected chi connectivity index (χ3v) is 3.59. The minimum atomic E-state index is -4.67. The molecule has 0 spiro atoms. The Morgan fingerprint density at radius 3 is 2.26 bits per heavy atom. The molecule has 1 aromatic rings. The molecular weight excluding hydrogens is 282 g/mol. The van der Waals surface area contributed by atoms with Gasteiger partial charge in [0, 0.05) is 6.04 Å². The molecule has 0 aromatic heterocycles. The van der Waals surface area contributed by atoms with E-state index >= 15 is 0 Å². The number of hydrogen-bond donors (Lipinski definition) is 1. The molecular formula is C13H16ClF4N. The molecule has 0 unspecified atom stereocenters. The van der Waals surface area contributed by atoms with Gasteiger partial charge in [0.25, 0.3) is 0 Å². The Morgan fingerprint density at radius 1 is 1.16 bits per heavy atom. The Hall–Kier alpha value is -0.810. The van der Waals surface area contributed by atoms with E-state index in [2.05, 4.69) is 0 Å². The molecule has 1 aliphatic carbocycles. The molecule has 0 amide bonds. The Bertz CT molecular complexity index is 427. The summed E-state index contributed by atoms with van der Waals surface area (Å²) in [5.74, 6) is -1.04. The third-order valence-electron chi connectivity index (χ3n) is 3.59. The summed E-state index contributed by atoms with van der Waals surface area (Å²) in [7, 11) is 0. The van der Waals surface area contributed by atoms with Crippen molar-refractivity contribution in [1.29, 1.82) is 0 Å². The van der Waals surface area contributed by atoms with E-state index in [-0.39, 0.29) is 18.3 Å². The number of halogens is 5. The van der Waals surface area contributed by atoms with Crippen molar-refractivity contribution in [2.75, 3.05) is 0 Å². The molecule has 1 aliphatic rings. The van der Waals surface area contributed by atoms with E-state index in [0.29, 0.717) is 5.56 Å². The first-order valence-electron chi connectivity index (χ1n) is 6.02. The highest BCUT2D eigenvalue weighted by atomic mass is 35.5. The van der Waals surface area contributed by atoms with Crippen LogP contribution in [0.3, 0.4) is 0 Å². The van der Waals surface area contributed by atoms with Crippen molar-refractivity contribution < 1.29 is 17.6 Å². The number of alkyl halides is 3. The van der Waals surface area contributed by atoms with Crippen molar-refractivity contribution in [1.82, 2.24) is 0 Å². The fourth-order valence-electron chi connectivity index (χ4n) is 2.56. The Labute approximate surface area is 115 Å². The molecule has 108 valence electrons. The van der Waals surface area contributed by atoms with Crippen LogP contribution < -0.4 is 5.73 Å². The Balaban J connectivity index is 0.00000180. The molecule has 1 nitrogen and oxygen atoms in total. The van der Waals surface area contributed by atoms with Crippen molar-refractivity contribution >= 4 is 12.4 Å². The normalized spacial score (nSPS) is 18.2. The number of hydrogen-bond acceptors (Lipinski definition) is 1. The summed E-state index contributed by atoms with van der Waals surface area (Å²) in [5.41, 5.74) is 5.12. The second-order valence-corrected chi connectivity index (χ2v) is 4.81. The van der Waals surface area contributed by atoms with Crippen molar-refractivity contribution in [2.24, 2.45) is 11.7 Å². The fraction of sp³-hybridized carbons (Fsp3) is 0.538. The molecule has 6 heteroatoms. The molecule has 1 aromatic carbocycles. The molecule has 1 atom stereocenters. The third kappa shape index (κ3) is 3.60. The van der Waals surface area contributed by atoms with Gasteiger partial charge in [-0.1, -0.05) is 18.9 Å². The van der Waals surface area contributed by atoms with Gasteiger partial charge in [0.05, 0.1) is 5.56 Å². The summed E-state index contributed by atoms with van der Waals surface area (Å²) in [6.07, 6.45) is -0.688. The maximum atomic E-state index is 13.1. The average molecular weight is 298 g/mol. The lowest BCUT2D eigenvalue weighted by Gasteiger charge is -2.20. The predicted octanol–water partition coefficient (Wildman–Crippen LogP) is 4.46. The van der Waals surface area contributed by atoms with Crippen molar-refractivity contribution in [3.8, 4) is 0 Å². The molecule has 0 bridgehead atoms. The molecule has 2 rings (SSSR count). The van der Waals surface area contributed by atoms with Gasteiger partial charge in [-0.05, 0) is 36.5 Å². The van der Waals surface area contributed by atoms with Crippen LogP contribution in [0.4, 0.5) is 17.6 Å². The Morgan fingerprint density at radius 2 is 1.74 bits per heavy atom. The molecule has 1 fully saturated rings. The van der Waals surface area contributed by atoms with E-state index in [1.165, 1.54) is 6.07 Å². The van der Waals surface area contributed by atoms with Crippen LogP contribution in [0.15, 0.2) is 18.2 Å². The fourth-order valence-corrected chi connectivity index (χ4v) is 2.56. The monoisotopic (exact) mass is 297 g/mol. The van der Waals surface area contributed by atoms with Gasteiger partial charge >= 0.3 is 6.18 Å². The summed E-state index contributed by atoms with van der Waals surface area (Å²) >= 11 is 0. The zero-order chi connectivity index (χ0) is 13.3. The summed E-state index contributed by atoms with van der Waals surface area (Å²) < 4.78 is 50.9. The molecule has 0 heterocycles. The lowest BCUT2D eigenvalue weighted by Crippen LogP contribution is -2.20. The van der Waals surface area contributed by atoms with Crippen LogP contribution in [0.5, 0.6) is 0 Å². The van der Waals surface area contributed by atoms with E-state index in [1.54, 1.807) is 0 Å². The zero-order valence-electron chi connectivity index (χ0n) is 10.2. The molecule has 0 radical (unpaired) electrons. The number of benzene rings is 1. The van der Waals surface area contributed by atoms with Crippen molar-refractivity contribution in [3.05, 3.63) is 35.1 Å². The maximum Gasteiger partial charge on any atom is 0.419 e. The minimum absolute atomic E-state index is 0.